The van der Waals surface area contributed by atoms with E-state index in [9.17, 15) is 13.2 Å². The molecule has 0 saturated heterocycles. The van der Waals surface area contributed by atoms with Crippen LogP contribution in [0.25, 0.3) is 0 Å². The summed E-state index contributed by atoms with van der Waals surface area (Å²) in [5.41, 5.74) is 2.25. The topological polar surface area (TPSA) is 39.7 Å². The Morgan fingerprint density at radius 2 is 2.00 bits per heavy atom. The Morgan fingerprint density at radius 1 is 1.30 bits per heavy atom. The molecule has 0 saturated carbocycles. The number of benzene rings is 1. The molecule has 1 rings (SSSR count). The third-order valence-electron chi connectivity index (χ3n) is 2.91. The summed E-state index contributed by atoms with van der Waals surface area (Å²) in [5.74, 6) is -0.140. The number of hydrogen-bond acceptors (Lipinski definition) is 4. The highest BCUT2D eigenvalue weighted by Gasteiger charge is 2.35. The molecule has 0 radical (unpaired) electrons. The van der Waals surface area contributed by atoms with Crippen LogP contribution in [0.3, 0.4) is 0 Å². The van der Waals surface area contributed by atoms with Gasteiger partial charge in [-0.05, 0) is 45.4 Å². The molecule has 0 spiro atoms. The van der Waals surface area contributed by atoms with Crippen molar-refractivity contribution >= 4 is 0 Å². The van der Waals surface area contributed by atoms with Gasteiger partial charge < -0.3 is 9.47 Å². The van der Waals surface area contributed by atoms with Crippen molar-refractivity contribution in [3.63, 3.8) is 0 Å². The highest BCUT2D eigenvalue weighted by atomic mass is 19.4. The van der Waals surface area contributed by atoms with Crippen molar-refractivity contribution in [2.45, 2.75) is 46.4 Å². The van der Waals surface area contributed by atoms with Gasteiger partial charge in [0.1, 0.15) is 23.3 Å². The first-order valence-corrected chi connectivity index (χ1v) is 7.37. The fourth-order valence-electron chi connectivity index (χ4n) is 1.57. The molecule has 7 heteroatoms. The van der Waals surface area contributed by atoms with E-state index in [1.165, 1.54) is 18.4 Å². The van der Waals surface area contributed by atoms with Gasteiger partial charge in [0.05, 0.1) is 18.4 Å². The summed E-state index contributed by atoms with van der Waals surface area (Å²) in [6.45, 7) is 7.48. The molecule has 1 N–H and O–H groups in total. The first-order chi connectivity index (χ1) is 10.8. The third-order valence-corrected chi connectivity index (χ3v) is 2.91. The molecule has 0 aliphatic rings. The van der Waals surface area contributed by atoms with E-state index in [-0.39, 0.29) is 17.6 Å². The van der Waals surface area contributed by atoms with Gasteiger partial charge in [0.25, 0.3) is 0 Å². The molecule has 0 amide bonds. The summed E-state index contributed by atoms with van der Waals surface area (Å²) < 4.78 is 50.1. The quantitative estimate of drug-likeness (QED) is 0.555. The molecule has 1 aromatic rings. The van der Waals surface area contributed by atoms with Gasteiger partial charge in [-0.25, -0.2) is 0 Å². The first-order valence-electron chi connectivity index (χ1n) is 7.37. The molecule has 1 atom stereocenters. The minimum absolute atomic E-state index is 0.0616. The zero-order chi connectivity index (χ0) is 17.5. The minimum atomic E-state index is -4.52. The van der Waals surface area contributed by atoms with Crippen molar-refractivity contribution in [3.05, 3.63) is 35.7 Å². The Balaban J connectivity index is 2.96. The number of hydroxylamine groups is 1. The lowest BCUT2D eigenvalue weighted by molar-refractivity contribution is -0.139. The predicted octanol–water partition coefficient (Wildman–Crippen LogP) is 4.66. The van der Waals surface area contributed by atoms with Crippen LogP contribution in [0.5, 0.6) is 11.5 Å². The van der Waals surface area contributed by atoms with Gasteiger partial charge in [-0.15, -0.1) is 0 Å². The van der Waals surface area contributed by atoms with Crippen molar-refractivity contribution in [2.24, 2.45) is 0 Å². The zero-order valence-electron chi connectivity index (χ0n) is 13.7. The molecule has 0 bridgehead atoms. The molecule has 0 fully saturated rings. The molecule has 23 heavy (non-hydrogen) atoms. The van der Waals surface area contributed by atoms with Crippen LogP contribution in [-0.2, 0) is 11.0 Å². The number of halogens is 3. The average Bonchev–Trinajstić information content (AvgIpc) is 2.50. The van der Waals surface area contributed by atoms with Gasteiger partial charge in [-0.3, -0.25) is 10.3 Å². The van der Waals surface area contributed by atoms with Crippen molar-refractivity contribution in [2.75, 3.05) is 6.61 Å². The number of ether oxygens (including phenoxy) is 2. The largest absolute Gasteiger partial charge is 0.490 e. The molecule has 0 aliphatic heterocycles. The van der Waals surface area contributed by atoms with E-state index in [1.54, 1.807) is 20.8 Å². The first kappa shape index (κ1) is 19.2. The second-order valence-corrected chi connectivity index (χ2v) is 4.95. The Bertz CT molecular complexity index is 530. The van der Waals surface area contributed by atoms with Crippen LogP contribution in [0.1, 0.15) is 39.7 Å². The maximum absolute atomic E-state index is 13.2. The van der Waals surface area contributed by atoms with Crippen molar-refractivity contribution in [1.82, 2.24) is 5.48 Å². The molecular formula is C16H22F3NO3. The number of nitrogens with one attached hydrogen (secondary N) is 1. The van der Waals surface area contributed by atoms with E-state index in [0.29, 0.717) is 18.7 Å². The average molecular weight is 333 g/mol. The van der Waals surface area contributed by atoms with Crippen LogP contribution in [-0.4, -0.2) is 12.7 Å². The van der Waals surface area contributed by atoms with Gasteiger partial charge >= 0.3 is 6.18 Å². The van der Waals surface area contributed by atoms with Crippen LogP contribution in [0, 0.1) is 0 Å². The van der Waals surface area contributed by atoms with E-state index < -0.39 is 11.7 Å². The van der Waals surface area contributed by atoms with Crippen LogP contribution >= 0.6 is 0 Å². The van der Waals surface area contributed by atoms with E-state index >= 15 is 0 Å². The zero-order valence-corrected chi connectivity index (χ0v) is 13.7. The van der Waals surface area contributed by atoms with Gasteiger partial charge in [-0.2, -0.15) is 13.2 Å². The van der Waals surface area contributed by atoms with Crippen LogP contribution in [0.15, 0.2) is 30.2 Å². The second kappa shape index (κ2) is 8.67. The highest BCUT2D eigenvalue weighted by Crippen LogP contribution is 2.39. The normalized spacial score (nSPS) is 13.6. The molecule has 1 unspecified atom stereocenters. The lowest BCUT2D eigenvalue weighted by Gasteiger charge is -2.18. The van der Waals surface area contributed by atoms with Crippen LogP contribution < -0.4 is 15.0 Å². The summed E-state index contributed by atoms with van der Waals surface area (Å²) in [6.07, 6.45) is -2.94. The lowest BCUT2D eigenvalue weighted by atomic mass is 10.1. The van der Waals surface area contributed by atoms with Gasteiger partial charge in [0.15, 0.2) is 0 Å². The number of alkyl halides is 3. The molecule has 130 valence electrons. The van der Waals surface area contributed by atoms with E-state index in [0.717, 1.165) is 6.07 Å². The monoisotopic (exact) mass is 333 g/mol. The van der Waals surface area contributed by atoms with Crippen molar-refractivity contribution in [3.8, 4) is 11.5 Å². The summed E-state index contributed by atoms with van der Waals surface area (Å²) in [7, 11) is 0. The molecule has 0 aromatic heterocycles. The van der Waals surface area contributed by atoms with Crippen LogP contribution in [0.4, 0.5) is 13.2 Å². The Labute approximate surface area is 134 Å². The summed E-state index contributed by atoms with van der Waals surface area (Å²) in [5, 5.41) is 0. The maximum atomic E-state index is 13.2. The van der Waals surface area contributed by atoms with Gasteiger partial charge in [-0.1, -0.05) is 6.92 Å². The molecule has 0 heterocycles. The van der Waals surface area contributed by atoms with E-state index in [4.69, 9.17) is 14.3 Å². The lowest BCUT2D eigenvalue weighted by Crippen LogP contribution is -2.15. The van der Waals surface area contributed by atoms with Gasteiger partial charge in [0, 0.05) is 0 Å². The molecule has 0 aliphatic carbocycles. The molecule has 4 nitrogen and oxygen atoms in total. The minimum Gasteiger partial charge on any atom is -0.490 e. The fourth-order valence-corrected chi connectivity index (χ4v) is 1.57. The SMILES string of the molecule is CCONC(C)=COc1ccc(OC(C)CC)c(C(F)(F)F)c1. The standard InChI is InChI=1S/C16H22F3NO3/c1-5-12(4)23-15-8-7-13(9-14(15)16(17,18)19)21-10-11(3)20-22-6-2/h7-10,12,20H,5-6H2,1-4H3. The summed E-state index contributed by atoms with van der Waals surface area (Å²) >= 11 is 0. The Morgan fingerprint density at radius 3 is 2.57 bits per heavy atom. The van der Waals surface area contributed by atoms with E-state index in [2.05, 4.69) is 5.48 Å². The number of rotatable bonds is 8. The summed E-state index contributed by atoms with van der Waals surface area (Å²) in [6, 6.07) is 3.61. The maximum Gasteiger partial charge on any atom is 0.420 e. The van der Waals surface area contributed by atoms with Crippen molar-refractivity contribution in [1.29, 1.82) is 0 Å². The van der Waals surface area contributed by atoms with Crippen LogP contribution in [0.2, 0.25) is 0 Å². The second-order valence-electron chi connectivity index (χ2n) is 4.95. The Kier molecular flexibility index (Phi) is 7.22. The highest BCUT2D eigenvalue weighted by molar-refractivity contribution is 5.42. The van der Waals surface area contributed by atoms with Gasteiger partial charge in [0.2, 0.25) is 0 Å². The predicted molar refractivity (Wildman–Crippen MR) is 81.0 cm³/mol. The summed E-state index contributed by atoms with van der Waals surface area (Å²) in [4.78, 5) is 4.94. The van der Waals surface area contributed by atoms with E-state index in [1.807, 2.05) is 6.92 Å². The molecule has 1 aromatic carbocycles. The third kappa shape index (κ3) is 6.40. The Hall–Kier alpha value is -1.89. The molecular weight excluding hydrogens is 311 g/mol. The smallest absolute Gasteiger partial charge is 0.420 e. The van der Waals surface area contributed by atoms with Crippen molar-refractivity contribution < 1.29 is 27.5 Å². The number of allylic oxidation sites excluding steroid dienone is 1. The number of hydrogen-bond donors (Lipinski definition) is 1. The fraction of sp³-hybridized carbons (Fsp3) is 0.500.